The summed E-state index contributed by atoms with van der Waals surface area (Å²) in [6, 6.07) is 18.4. The van der Waals surface area contributed by atoms with E-state index in [-0.39, 0.29) is 36.7 Å². The number of carbonyl (C=O) groups excluding carboxylic acids is 2. The van der Waals surface area contributed by atoms with E-state index in [9.17, 15) is 20.0 Å². The summed E-state index contributed by atoms with van der Waals surface area (Å²) >= 11 is 0. The van der Waals surface area contributed by atoms with Gasteiger partial charge in [-0.05, 0) is 39.3 Å². The summed E-state index contributed by atoms with van der Waals surface area (Å²) in [5.41, 5.74) is 1.47. The second-order valence-electron chi connectivity index (χ2n) is 9.66. The van der Waals surface area contributed by atoms with Crippen molar-refractivity contribution in [3.05, 3.63) is 65.7 Å². The number of carboxylic acid groups (broad SMARTS) is 1. The maximum atomic E-state index is 13.0. The monoisotopic (exact) mass is 464 g/mol. The molecule has 1 heterocycles. The predicted molar refractivity (Wildman–Crippen MR) is 127 cm³/mol. The average Bonchev–Trinajstić information content (AvgIpc) is 2.79. The highest BCUT2D eigenvalue weighted by atomic mass is 16.6. The van der Waals surface area contributed by atoms with Gasteiger partial charge in [0.15, 0.2) is 0 Å². The summed E-state index contributed by atoms with van der Waals surface area (Å²) in [6.07, 6.45) is -1.12. The van der Waals surface area contributed by atoms with Crippen LogP contribution < -0.4 is 10.4 Å². The zero-order valence-corrected chi connectivity index (χ0v) is 20.0. The van der Waals surface area contributed by atoms with Crippen molar-refractivity contribution in [2.75, 3.05) is 31.5 Å². The number of quaternary nitrogens is 1. The summed E-state index contributed by atoms with van der Waals surface area (Å²) in [4.78, 5) is 27.0. The molecule has 2 aromatic carbocycles. The number of benzene rings is 2. The number of nitrogens with one attached hydrogen (secondary N) is 1. The summed E-state index contributed by atoms with van der Waals surface area (Å²) in [5.74, 6) is 0. The van der Waals surface area contributed by atoms with E-state index in [4.69, 9.17) is 4.74 Å². The molecular formula is C26H32N4O4. The van der Waals surface area contributed by atoms with Crippen molar-refractivity contribution in [3.8, 4) is 6.07 Å². The Morgan fingerprint density at radius 2 is 1.85 bits per heavy atom. The van der Waals surface area contributed by atoms with Crippen molar-refractivity contribution < 1.29 is 23.9 Å². The highest BCUT2D eigenvalue weighted by Gasteiger charge is 2.43. The van der Waals surface area contributed by atoms with Gasteiger partial charge in [0.25, 0.3) is 6.09 Å². The van der Waals surface area contributed by atoms with E-state index in [1.807, 2.05) is 42.5 Å². The minimum absolute atomic E-state index is 0.206. The molecule has 0 aromatic heterocycles. The smallest absolute Gasteiger partial charge is 0.410 e. The quantitative estimate of drug-likeness (QED) is 0.658. The number of anilines is 1. The number of para-hydroxylation sites is 1. The van der Waals surface area contributed by atoms with Crippen LogP contribution in [0, 0.1) is 11.3 Å². The summed E-state index contributed by atoms with van der Waals surface area (Å²) < 4.78 is 5.35. The van der Waals surface area contributed by atoms with Crippen molar-refractivity contribution in [1.82, 2.24) is 4.90 Å². The highest BCUT2D eigenvalue weighted by molar-refractivity contribution is 5.69. The fourth-order valence-electron chi connectivity index (χ4n) is 4.30. The molecule has 8 nitrogen and oxygen atoms in total. The first-order valence-corrected chi connectivity index (χ1v) is 11.5. The van der Waals surface area contributed by atoms with E-state index in [0.717, 1.165) is 5.56 Å². The molecule has 0 radical (unpaired) electrons. The van der Waals surface area contributed by atoms with Crippen molar-refractivity contribution in [1.29, 1.82) is 5.26 Å². The molecular weight excluding hydrogens is 432 g/mol. The second-order valence-corrected chi connectivity index (χ2v) is 9.66. The van der Waals surface area contributed by atoms with Crippen LogP contribution in [0.15, 0.2) is 54.6 Å². The van der Waals surface area contributed by atoms with Crippen molar-refractivity contribution in [2.45, 2.75) is 45.4 Å². The molecule has 1 aliphatic rings. The Hall–Kier alpha value is -3.57. The third kappa shape index (κ3) is 6.27. The van der Waals surface area contributed by atoms with Crippen LogP contribution in [0.3, 0.4) is 0 Å². The molecule has 8 heteroatoms. The zero-order valence-electron chi connectivity index (χ0n) is 20.0. The van der Waals surface area contributed by atoms with Gasteiger partial charge in [0.2, 0.25) is 0 Å². The molecule has 34 heavy (non-hydrogen) atoms. The van der Waals surface area contributed by atoms with E-state index < -0.39 is 17.8 Å². The lowest BCUT2D eigenvalue weighted by Gasteiger charge is -2.48. The minimum Gasteiger partial charge on any atom is -0.498 e. The van der Waals surface area contributed by atoms with Crippen LogP contribution in [0.5, 0.6) is 0 Å². The first kappa shape index (κ1) is 25.1. The lowest BCUT2D eigenvalue weighted by molar-refractivity contribution is -0.895. The normalized spacial score (nSPS) is 20.3. The Balaban J connectivity index is 1.81. The number of hydrogen-bond donors (Lipinski definition) is 1. The van der Waals surface area contributed by atoms with E-state index in [2.05, 4.69) is 11.4 Å². The van der Waals surface area contributed by atoms with Crippen LogP contribution in [0.2, 0.25) is 0 Å². The molecule has 1 aliphatic heterocycles. The van der Waals surface area contributed by atoms with Gasteiger partial charge in [-0.2, -0.15) is 5.26 Å². The van der Waals surface area contributed by atoms with Gasteiger partial charge < -0.3 is 20.0 Å². The van der Waals surface area contributed by atoms with Crippen molar-refractivity contribution in [2.24, 2.45) is 0 Å². The average molecular weight is 465 g/mol. The Morgan fingerprint density at radius 3 is 2.50 bits per heavy atom. The lowest BCUT2D eigenvalue weighted by atomic mass is 10.0. The van der Waals surface area contributed by atoms with Crippen LogP contribution in [0.1, 0.15) is 38.3 Å². The fourth-order valence-corrected chi connectivity index (χ4v) is 4.30. The summed E-state index contributed by atoms with van der Waals surface area (Å²) in [6.45, 7) is 6.85. The number of nitriles is 1. The standard InChI is InChI=1S/C26H32N4O4/c1-26(2,3)34-24(31)29-15-16-30(25(32)33,18-20-9-5-4-6-10-20)19-22(29)13-14-28-23-12-8-7-11-21(23)17-27/h4-12,22,28H,13-16,18-19H2,1-3H3/t22-,30?/m1/s1. The molecule has 1 N–H and O–H groups in total. The van der Waals surface area contributed by atoms with E-state index in [0.29, 0.717) is 24.2 Å². The zero-order chi connectivity index (χ0) is 24.8. The predicted octanol–water partition coefficient (Wildman–Crippen LogP) is 3.34. The molecule has 0 spiro atoms. The van der Waals surface area contributed by atoms with Crippen LogP contribution in [-0.4, -0.2) is 59.4 Å². The third-order valence-electron chi connectivity index (χ3n) is 5.95. The number of ether oxygens (including phenoxy) is 1. The molecule has 2 aromatic rings. The summed E-state index contributed by atoms with van der Waals surface area (Å²) in [7, 11) is 0. The molecule has 0 saturated carbocycles. The molecule has 180 valence electrons. The number of piperazine rings is 1. The number of hydrogen-bond acceptors (Lipinski definition) is 6. The third-order valence-corrected chi connectivity index (χ3v) is 5.95. The Morgan fingerprint density at radius 1 is 1.18 bits per heavy atom. The number of rotatable bonds is 6. The number of carbonyl (C=O) groups is 2. The summed E-state index contributed by atoms with van der Waals surface area (Å²) in [5, 5.41) is 25.0. The largest absolute Gasteiger partial charge is 0.498 e. The molecule has 3 rings (SSSR count). The first-order chi connectivity index (χ1) is 16.1. The molecule has 2 atom stereocenters. The van der Waals surface area contributed by atoms with Crippen LogP contribution in [0.4, 0.5) is 15.3 Å². The second kappa shape index (κ2) is 10.6. The molecule has 1 saturated heterocycles. The molecule has 1 fully saturated rings. The molecule has 2 amide bonds. The SMILES string of the molecule is CC(C)(C)OC(=O)N1CC[N+](Cc2ccccc2)(C(=O)[O-])C[C@H]1CCNc1ccccc1C#N. The Kier molecular flexibility index (Phi) is 7.79. The van der Waals surface area contributed by atoms with E-state index in [1.165, 1.54) is 0 Å². The topological polar surface area (TPSA) is 105 Å². The maximum absolute atomic E-state index is 13.0. The van der Waals surface area contributed by atoms with Crippen LogP contribution in [0.25, 0.3) is 0 Å². The van der Waals surface area contributed by atoms with Crippen LogP contribution in [-0.2, 0) is 11.3 Å². The number of nitrogens with zero attached hydrogens (tertiary/aromatic N) is 3. The van der Waals surface area contributed by atoms with Crippen LogP contribution >= 0.6 is 0 Å². The molecule has 0 aliphatic carbocycles. The van der Waals surface area contributed by atoms with Gasteiger partial charge in [0, 0.05) is 12.1 Å². The van der Waals surface area contributed by atoms with Gasteiger partial charge in [-0.1, -0.05) is 42.5 Å². The molecule has 1 unspecified atom stereocenters. The van der Waals surface area contributed by atoms with Gasteiger partial charge in [0.1, 0.15) is 31.3 Å². The van der Waals surface area contributed by atoms with Crippen molar-refractivity contribution in [3.63, 3.8) is 0 Å². The van der Waals surface area contributed by atoms with Gasteiger partial charge >= 0.3 is 6.09 Å². The maximum Gasteiger partial charge on any atom is 0.410 e. The Labute approximate surface area is 200 Å². The first-order valence-electron chi connectivity index (χ1n) is 11.5. The van der Waals surface area contributed by atoms with Gasteiger partial charge in [-0.25, -0.2) is 4.79 Å². The van der Waals surface area contributed by atoms with Gasteiger partial charge in [-0.3, -0.25) is 9.38 Å². The lowest BCUT2D eigenvalue weighted by Crippen LogP contribution is -2.69. The molecule has 0 bridgehead atoms. The van der Waals surface area contributed by atoms with Gasteiger partial charge in [0.05, 0.1) is 23.8 Å². The van der Waals surface area contributed by atoms with E-state index in [1.54, 1.807) is 37.8 Å². The van der Waals surface area contributed by atoms with E-state index >= 15 is 0 Å². The fraction of sp³-hybridized carbons (Fsp3) is 0.423. The number of amides is 2. The Bertz CT molecular complexity index is 1040. The minimum atomic E-state index is -1.15. The van der Waals surface area contributed by atoms with Gasteiger partial charge in [-0.15, -0.1) is 0 Å². The highest BCUT2D eigenvalue weighted by Crippen LogP contribution is 2.26. The van der Waals surface area contributed by atoms with Crippen molar-refractivity contribution >= 4 is 17.9 Å².